The summed E-state index contributed by atoms with van der Waals surface area (Å²) >= 11 is 0. The number of rotatable bonds is 7. The van der Waals surface area contributed by atoms with E-state index >= 15 is 0 Å². The third kappa shape index (κ3) is 4.66. The van der Waals surface area contributed by atoms with E-state index in [-0.39, 0.29) is 17.5 Å². The van der Waals surface area contributed by atoms with E-state index in [1.54, 1.807) is 0 Å². The topological polar surface area (TPSA) is 38.3 Å². The standard InChI is InChI=1S/C14H27NO2/c1-4-5-6-7-8-12(2)17-13(16)14(3)9-10-15-11-14/h12,15H,4-11H2,1-3H3. The van der Waals surface area contributed by atoms with E-state index in [4.69, 9.17) is 4.74 Å². The minimum absolute atomic E-state index is 0.0227. The first-order valence-electron chi connectivity index (χ1n) is 7.00. The van der Waals surface area contributed by atoms with Crippen molar-refractivity contribution in [3.63, 3.8) is 0 Å². The lowest BCUT2D eigenvalue weighted by atomic mass is 9.90. The Kier molecular flexibility index (Phi) is 5.96. The summed E-state index contributed by atoms with van der Waals surface area (Å²) < 4.78 is 5.54. The molecule has 0 saturated carbocycles. The van der Waals surface area contributed by atoms with Gasteiger partial charge in [0.25, 0.3) is 0 Å². The molecule has 100 valence electrons. The van der Waals surface area contributed by atoms with Crippen molar-refractivity contribution in [1.82, 2.24) is 5.32 Å². The number of hydrogen-bond donors (Lipinski definition) is 1. The van der Waals surface area contributed by atoms with Crippen molar-refractivity contribution in [2.75, 3.05) is 13.1 Å². The van der Waals surface area contributed by atoms with Gasteiger partial charge in [-0.05, 0) is 39.7 Å². The molecule has 0 bridgehead atoms. The third-order valence-corrected chi connectivity index (χ3v) is 3.63. The first-order chi connectivity index (χ1) is 8.08. The summed E-state index contributed by atoms with van der Waals surface area (Å²) in [5.41, 5.74) is -0.294. The van der Waals surface area contributed by atoms with Crippen LogP contribution in [0.5, 0.6) is 0 Å². The van der Waals surface area contributed by atoms with Gasteiger partial charge in [0.2, 0.25) is 0 Å². The van der Waals surface area contributed by atoms with Gasteiger partial charge in [0, 0.05) is 6.54 Å². The predicted molar refractivity (Wildman–Crippen MR) is 69.9 cm³/mol. The van der Waals surface area contributed by atoms with E-state index < -0.39 is 0 Å². The van der Waals surface area contributed by atoms with Crippen LogP contribution in [0.25, 0.3) is 0 Å². The summed E-state index contributed by atoms with van der Waals surface area (Å²) in [5.74, 6) is -0.0227. The third-order valence-electron chi connectivity index (χ3n) is 3.63. The van der Waals surface area contributed by atoms with Gasteiger partial charge in [-0.2, -0.15) is 0 Å². The fourth-order valence-corrected chi connectivity index (χ4v) is 2.23. The maximum absolute atomic E-state index is 12.0. The Morgan fingerprint density at radius 2 is 2.18 bits per heavy atom. The van der Waals surface area contributed by atoms with Gasteiger partial charge < -0.3 is 10.1 Å². The molecule has 0 aliphatic carbocycles. The summed E-state index contributed by atoms with van der Waals surface area (Å²) in [6, 6.07) is 0. The summed E-state index contributed by atoms with van der Waals surface area (Å²) in [7, 11) is 0. The Bertz CT molecular complexity index is 234. The number of carbonyl (C=O) groups excluding carboxylic acids is 1. The normalized spacial score (nSPS) is 25.8. The summed E-state index contributed by atoms with van der Waals surface area (Å²) in [6.45, 7) is 7.90. The van der Waals surface area contributed by atoms with Crippen LogP contribution in [0.4, 0.5) is 0 Å². The van der Waals surface area contributed by atoms with Crippen LogP contribution in [-0.2, 0) is 9.53 Å². The average Bonchev–Trinajstić information content (AvgIpc) is 2.73. The molecular formula is C14H27NO2. The molecule has 2 atom stereocenters. The van der Waals surface area contributed by atoms with Crippen LogP contribution in [0, 0.1) is 5.41 Å². The molecule has 2 unspecified atom stereocenters. The SMILES string of the molecule is CCCCCCC(C)OC(=O)C1(C)CCNC1. The highest BCUT2D eigenvalue weighted by molar-refractivity contribution is 5.77. The number of carbonyl (C=O) groups is 1. The van der Waals surface area contributed by atoms with Gasteiger partial charge in [-0.25, -0.2) is 0 Å². The van der Waals surface area contributed by atoms with Crippen LogP contribution in [-0.4, -0.2) is 25.2 Å². The highest BCUT2D eigenvalue weighted by atomic mass is 16.5. The zero-order valence-electron chi connectivity index (χ0n) is 11.6. The molecule has 3 nitrogen and oxygen atoms in total. The van der Waals surface area contributed by atoms with Crippen LogP contribution in [0.3, 0.4) is 0 Å². The molecule has 0 amide bonds. The fourth-order valence-electron chi connectivity index (χ4n) is 2.23. The second-order valence-corrected chi connectivity index (χ2v) is 5.55. The first kappa shape index (κ1) is 14.5. The lowest BCUT2D eigenvalue weighted by Gasteiger charge is -2.23. The van der Waals surface area contributed by atoms with Crippen molar-refractivity contribution in [3.05, 3.63) is 0 Å². The fraction of sp³-hybridized carbons (Fsp3) is 0.929. The van der Waals surface area contributed by atoms with Gasteiger partial charge in [0.15, 0.2) is 0 Å². The zero-order chi connectivity index (χ0) is 12.7. The second-order valence-electron chi connectivity index (χ2n) is 5.55. The zero-order valence-corrected chi connectivity index (χ0v) is 11.6. The quantitative estimate of drug-likeness (QED) is 0.550. The Morgan fingerprint density at radius 3 is 2.76 bits per heavy atom. The molecule has 1 heterocycles. The van der Waals surface area contributed by atoms with Gasteiger partial charge in [0.1, 0.15) is 0 Å². The molecular weight excluding hydrogens is 214 g/mol. The molecule has 1 aliphatic rings. The number of hydrogen-bond acceptors (Lipinski definition) is 3. The van der Waals surface area contributed by atoms with Crippen LogP contribution in [0.1, 0.15) is 59.3 Å². The molecule has 0 spiro atoms. The van der Waals surface area contributed by atoms with E-state index in [9.17, 15) is 4.79 Å². The summed E-state index contributed by atoms with van der Waals surface area (Å²) in [6.07, 6.45) is 6.90. The Hall–Kier alpha value is -0.570. The van der Waals surface area contributed by atoms with Crippen LogP contribution in [0.2, 0.25) is 0 Å². The minimum Gasteiger partial charge on any atom is -0.462 e. The van der Waals surface area contributed by atoms with Crippen molar-refractivity contribution in [2.24, 2.45) is 5.41 Å². The lowest BCUT2D eigenvalue weighted by molar-refractivity contribution is -0.158. The molecule has 0 aromatic carbocycles. The summed E-state index contributed by atoms with van der Waals surface area (Å²) in [4.78, 5) is 12.0. The molecule has 1 aliphatic heterocycles. The van der Waals surface area contributed by atoms with Gasteiger partial charge in [-0.3, -0.25) is 4.79 Å². The van der Waals surface area contributed by atoms with E-state index in [0.717, 1.165) is 32.4 Å². The van der Waals surface area contributed by atoms with E-state index in [2.05, 4.69) is 12.2 Å². The smallest absolute Gasteiger partial charge is 0.313 e. The molecule has 1 saturated heterocycles. The van der Waals surface area contributed by atoms with Crippen LogP contribution in [0.15, 0.2) is 0 Å². The molecule has 1 fully saturated rings. The number of ether oxygens (including phenoxy) is 1. The maximum Gasteiger partial charge on any atom is 0.313 e. The van der Waals surface area contributed by atoms with E-state index in [1.807, 2.05) is 13.8 Å². The lowest BCUT2D eigenvalue weighted by Crippen LogP contribution is -2.34. The van der Waals surface area contributed by atoms with Gasteiger partial charge in [0.05, 0.1) is 11.5 Å². The van der Waals surface area contributed by atoms with Crippen molar-refractivity contribution in [2.45, 2.75) is 65.4 Å². The van der Waals surface area contributed by atoms with Crippen molar-refractivity contribution >= 4 is 5.97 Å². The van der Waals surface area contributed by atoms with E-state index in [1.165, 1.54) is 19.3 Å². The van der Waals surface area contributed by atoms with Crippen LogP contribution >= 0.6 is 0 Å². The highest BCUT2D eigenvalue weighted by Crippen LogP contribution is 2.27. The largest absolute Gasteiger partial charge is 0.462 e. The first-order valence-corrected chi connectivity index (χ1v) is 7.00. The molecule has 0 aromatic heterocycles. The van der Waals surface area contributed by atoms with Gasteiger partial charge in [-0.15, -0.1) is 0 Å². The van der Waals surface area contributed by atoms with Crippen molar-refractivity contribution < 1.29 is 9.53 Å². The van der Waals surface area contributed by atoms with Crippen molar-refractivity contribution in [1.29, 1.82) is 0 Å². The number of unbranched alkanes of at least 4 members (excludes halogenated alkanes) is 3. The Labute approximate surface area is 105 Å². The Balaban J connectivity index is 2.21. The molecule has 0 radical (unpaired) electrons. The number of nitrogens with one attached hydrogen (secondary N) is 1. The van der Waals surface area contributed by atoms with Crippen molar-refractivity contribution in [3.8, 4) is 0 Å². The monoisotopic (exact) mass is 241 g/mol. The molecule has 3 heteroatoms. The minimum atomic E-state index is -0.294. The van der Waals surface area contributed by atoms with Gasteiger partial charge in [-0.1, -0.05) is 26.2 Å². The predicted octanol–water partition coefficient (Wildman–Crippen LogP) is 2.89. The van der Waals surface area contributed by atoms with E-state index in [0.29, 0.717) is 0 Å². The molecule has 1 rings (SSSR count). The van der Waals surface area contributed by atoms with Gasteiger partial charge >= 0.3 is 5.97 Å². The maximum atomic E-state index is 12.0. The summed E-state index contributed by atoms with van der Waals surface area (Å²) in [5, 5.41) is 3.23. The molecule has 0 aromatic rings. The Morgan fingerprint density at radius 1 is 1.41 bits per heavy atom. The molecule has 1 N–H and O–H groups in total. The number of esters is 1. The average molecular weight is 241 g/mol. The van der Waals surface area contributed by atoms with Crippen LogP contribution < -0.4 is 5.32 Å². The second kappa shape index (κ2) is 7.00. The highest BCUT2D eigenvalue weighted by Gasteiger charge is 2.38. The molecule has 17 heavy (non-hydrogen) atoms.